The largest absolute Gasteiger partial charge is 0.322 e. The van der Waals surface area contributed by atoms with Crippen molar-refractivity contribution in [2.45, 2.75) is 11.8 Å². The lowest BCUT2D eigenvalue weighted by Gasteiger charge is -2.12. The highest BCUT2D eigenvalue weighted by Crippen LogP contribution is 2.23. The second kappa shape index (κ2) is 8.16. The van der Waals surface area contributed by atoms with Crippen LogP contribution >= 0.6 is 0 Å². The van der Waals surface area contributed by atoms with Gasteiger partial charge in [0.2, 0.25) is 0 Å². The summed E-state index contributed by atoms with van der Waals surface area (Å²) in [5.41, 5.74) is 1.98. The highest BCUT2D eigenvalue weighted by molar-refractivity contribution is 7.92. The molecule has 4 rings (SSSR count). The molecule has 0 saturated carbocycles. The number of carbonyl (C=O) groups is 1. The summed E-state index contributed by atoms with van der Waals surface area (Å²) in [4.78, 5) is 17.0. The van der Waals surface area contributed by atoms with Crippen molar-refractivity contribution in [3.63, 3.8) is 0 Å². The van der Waals surface area contributed by atoms with Gasteiger partial charge in [-0.3, -0.25) is 14.5 Å². The standard InChI is InChI=1S/C23H18FN3O3S/c1-15-8-10-18(31(29,30)27-22-7-3-2-6-20(22)24)14-19(15)23(28)26-17-9-11-21-16(13-17)5-4-12-25-21/h2-14,27H,1H3,(H,26,28). The molecule has 0 fully saturated rings. The Hall–Kier alpha value is -3.78. The molecule has 1 heterocycles. The van der Waals surface area contributed by atoms with Crippen LogP contribution in [0.2, 0.25) is 0 Å². The lowest BCUT2D eigenvalue weighted by atomic mass is 10.1. The van der Waals surface area contributed by atoms with Gasteiger partial charge in [0, 0.05) is 22.8 Å². The molecule has 1 amide bonds. The number of carbonyl (C=O) groups excluding carboxylic acids is 1. The van der Waals surface area contributed by atoms with Crippen molar-refractivity contribution in [3.8, 4) is 0 Å². The lowest BCUT2D eigenvalue weighted by Crippen LogP contribution is -2.17. The Bertz CT molecular complexity index is 1400. The number of halogens is 1. The van der Waals surface area contributed by atoms with E-state index in [-0.39, 0.29) is 16.1 Å². The van der Waals surface area contributed by atoms with Crippen LogP contribution in [0.4, 0.5) is 15.8 Å². The van der Waals surface area contributed by atoms with Crippen molar-refractivity contribution in [1.29, 1.82) is 0 Å². The van der Waals surface area contributed by atoms with Gasteiger partial charge in [-0.05, 0) is 61.0 Å². The first-order chi connectivity index (χ1) is 14.8. The molecule has 3 aromatic carbocycles. The van der Waals surface area contributed by atoms with Crippen molar-refractivity contribution in [1.82, 2.24) is 4.98 Å². The van der Waals surface area contributed by atoms with Gasteiger partial charge in [-0.15, -0.1) is 0 Å². The zero-order chi connectivity index (χ0) is 22.0. The summed E-state index contributed by atoms with van der Waals surface area (Å²) in [6.45, 7) is 1.71. The van der Waals surface area contributed by atoms with Crippen molar-refractivity contribution < 1.29 is 17.6 Å². The van der Waals surface area contributed by atoms with E-state index in [0.29, 0.717) is 11.3 Å². The Kier molecular flexibility index (Phi) is 5.39. The topological polar surface area (TPSA) is 88.2 Å². The van der Waals surface area contributed by atoms with E-state index in [1.807, 2.05) is 6.07 Å². The van der Waals surface area contributed by atoms with Crippen LogP contribution in [0, 0.1) is 12.7 Å². The molecule has 0 aliphatic rings. The molecule has 0 spiro atoms. The molecule has 0 bridgehead atoms. The number of hydrogen-bond donors (Lipinski definition) is 2. The van der Waals surface area contributed by atoms with E-state index in [4.69, 9.17) is 0 Å². The molecule has 0 radical (unpaired) electrons. The number of rotatable bonds is 5. The van der Waals surface area contributed by atoms with Gasteiger partial charge in [0.1, 0.15) is 5.82 Å². The van der Waals surface area contributed by atoms with Gasteiger partial charge >= 0.3 is 0 Å². The molecule has 0 atom stereocenters. The number of para-hydroxylation sites is 1. The number of benzene rings is 3. The predicted molar refractivity (Wildman–Crippen MR) is 118 cm³/mol. The minimum atomic E-state index is -4.09. The number of fused-ring (bicyclic) bond motifs is 1. The van der Waals surface area contributed by atoms with Crippen LogP contribution in [0.25, 0.3) is 10.9 Å². The number of amides is 1. The molecule has 0 aliphatic heterocycles. The quantitative estimate of drug-likeness (QED) is 0.474. The SMILES string of the molecule is Cc1ccc(S(=O)(=O)Nc2ccccc2F)cc1C(=O)Nc1ccc2ncccc2c1. The number of aryl methyl sites for hydroxylation is 1. The van der Waals surface area contributed by atoms with E-state index >= 15 is 0 Å². The van der Waals surface area contributed by atoms with Gasteiger partial charge in [0.25, 0.3) is 15.9 Å². The molecule has 1 aromatic heterocycles. The minimum absolute atomic E-state index is 0.144. The van der Waals surface area contributed by atoms with Crippen molar-refractivity contribution >= 4 is 38.2 Å². The third-order valence-electron chi connectivity index (χ3n) is 4.74. The van der Waals surface area contributed by atoms with Crippen molar-refractivity contribution in [2.75, 3.05) is 10.0 Å². The van der Waals surface area contributed by atoms with Crippen LogP contribution in [-0.4, -0.2) is 19.3 Å². The molecule has 0 aliphatic carbocycles. The average molecular weight is 435 g/mol. The molecule has 2 N–H and O–H groups in total. The number of aromatic nitrogens is 1. The number of nitrogens with zero attached hydrogens (tertiary/aromatic N) is 1. The van der Waals surface area contributed by atoms with E-state index in [0.717, 1.165) is 17.0 Å². The third kappa shape index (κ3) is 4.39. The maximum Gasteiger partial charge on any atom is 0.262 e. The Morgan fingerprint density at radius 2 is 1.77 bits per heavy atom. The molecular weight excluding hydrogens is 417 g/mol. The fourth-order valence-electron chi connectivity index (χ4n) is 3.11. The Labute approximate surface area is 178 Å². The van der Waals surface area contributed by atoms with Crippen LogP contribution in [0.15, 0.2) is 83.9 Å². The molecule has 6 nitrogen and oxygen atoms in total. The number of hydrogen-bond acceptors (Lipinski definition) is 4. The maximum absolute atomic E-state index is 13.9. The van der Waals surface area contributed by atoms with E-state index in [1.54, 1.807) is 37.4 Å². The van der Waals surface area contributed by atoms with Crippen LogP contribution in [0.3, 0.4) is 0 Å². The highest BCUT2D eigenvalue weighted by atomic mass is 32.2. The van der Waals surface area contributed by atoms with Crippen molar-refractivity contribution in [2.24, 2.45) is 0 Å². The Morgan fingerprint density at radius 1 is 0.968 bits per heavy atom. The van der Waals surface area contributed by atoms with Gasteiger partial charge in [0.05, 0.1) is 16.1 Å². The van der Waals surface area contributed by atoms with Gasteiger partial charge in [-0.1, -0.05) is 24.3 Å². The van der Waals surface area contributed by atoms with Gasteiger partial charge in [-0.25, -0.2) is 12.8 Å². The summed E-state index contributed by atoms with van der Waals surface area (Å²) >= 11 is 0. The number of anilines is 2. The monoisotopic (exact) mass is 435 g/mol. The fraction of sp³-hybridized carbons (Fsp3) is 0.0435. The molecule has 156 valence electrons. The number of sulfonamides is 1. The normalized spacial score (nSPS) is 11.3. The Balaban J connectivity index is 1.62. The second-order valence-corrected chi connectivity index (χ2v) is 8.61. The van der Waals surface area contributed by atoms with Gasteiger partial charge < -0.3 is 5.32 Å². The molecule has 8 heteroatoms. The van der Waals surface area contributed by atoms with Crippen molar-refractivity contribution in [3.05, 3.63) is 95.9 Å². The first kappa shape index (κ1) is 20.5. The van der Waals surface area contributed by atoms with Crippen LogP contribution < -0.4 is 10.0 Å². The first-order valence-electron chi connectivity index (χ1n) is 9.38. The molecule has 0 saturated heterocycles. The maximum atomic E-state index is 13.9. The first-order valence-corrected chi connectivity index (χ1v) is 10.9. The zero-order valence-corrected chi connectivity index (χ0v) is 17.3. The van der Waals surface area contributed by atoms with Crippen LogP contribution in [0.5, 0.6) is 0 Å². The van der Waals surface area contributed by atoms with Gasteiger partial charge in [0.15, 0.2) is 0 Å². The average Bonchev–Trinajstić information content (AvgIpc) is 2.75. The molecule has 31 heavy (non-hydrogen) atoms. The van der Waals surface area contributed by atoms with E-state index in [2.05, 4.69) is 15.0 Å². The second-order valence-electron chi connectivity index (χ2n) is 6.93. The van der Waals surface area contributed by atoms with Crippen LogP contribution in [-0.2, 0) is 10.0 Å². The predicted octanol–water partition coefficient (Wildman–Crippen LogP) is 4.74. The lowest BCUT2D eigenvalue weighted by molar-refractivity contribution is 0.102. The van der Waals surface area contributed by atoms with E-state index < -0.39 is 21.7 Å². The molecule has 4 aromatic rings. The molecular formula is C23H18FN3O3S. The summed E-state index contributed by atoms with van der Waals surface area (Å²) in [5, 5.41) is 3.65. The van der Waals surface area contributed by atoms with E-state index in [9.17, 15) is 17.6 Å². The Morgan fingerprint density at radius 3 is 2.58 bits per heavy atom. The fourth-order valence-corrected chi connectivity index (χ4v) is 4.21. The minimum Gasteiger partial charge on any atom is -0.322 e. The number of pyridine rings is 1. The van der Waals surface area contributed by atoms with Gasteiger partial charge in [-0.2, -0.15) is 0 Å². The highest BCUT2D eigenvalue weighted by Gasteiger charge is 2.19. The summed E-state index contributed by atoms with van der Waals surface area (Å²) in [6, 6.07) is 18.6. The van der Waals surface area contributed by atoms with E-state index in [1.165, 1.54) is 36.4 Å². The van der Waals surface area contributed by atoms with Crippen LogP contribution in [0.1, 0.15) is 15.9 Å². The summed E-state index contributed by atoms with van der Waals surface area (Å²) < 4.78 is 41.5. The third-order valence-corrected chi connectivity index (χ3v) is 6.11. The number of nitrogens with one attached hydrogen (secondary N) is 2. The smallest absolute Gasteiger partial charge is 0.262 e. The summed E-state index contributed by atoms with van der Waals surface area (Å²) in [5.74, 6) is -1.15. The zero-order valence-electron chi connectivity index (χ0n) is 16.5. The summed E-state index contributed by atoms with van der Waals surface area (Å²) in [7, 11) is -4.09. The summed E-state index contributed by atoms with van der Waals surface area (Å²) in [6.07, 6.45) is 1.69. The molecule has 0 unspecified atom stereocenters.